The van der Waals surface area contributed by atoms with Gasteiger partial charge in [0, 0.05) is 37.8 Å². The third kappa shape index (κ3) is 3.45. The molecule has 0 aromatic heterocycles. The minimum Gasteiger partial charge on any atom is -0.497 e. The number of rotatable bonds is 5. The molecule has 3 nitrogen and oxygen atoms in total. The third-order valence-corrected chi connectivity index (χ3v) is 3.72. The zero-order valence-electron chi connectivity index (χ0n) is 11.8. The molecule has 0 spiro atoms. The van der Waals surface area contributed by atoms with Crippen LogP contribution in [0.15, 0.2) is 18.2 Å². The molecule has 1 N–H and O–H groups in total. The molecule has 0 unspecified atom stereocenters. The lowest BCUT2D eigenvalue weighted by Gasteiger charge is -2.35. The van der Waals surface area contributed by atoms with Gasteiger partial charge in [0.2, 0.25) is 0 Å². The van der Waals surface area contributed by atoms with Gasteiger partial charge in [-0.25, -0.2) is 4.39 Å². The molecule has 1 aromatic carbocycles. The van der Waals surface area contributed by atoms with Crippen molar-refractivity contribution in [3.05, 3.63) is 29.6 Å². The van der Waals surface area contributed by atoms with E-state index in [1.54, 1.807) is 13.2 Å². The van der Waals surface area contributed by atoms with Crippen LogP contribution in [0.3, 0.4) is 0 Å². The van der Waals surface area contributed by atoms with E-state index < -0.39 is 0 Å². The predicted octanol–water partition coefficient (Wildman–Crippen LogP) is 2.58. The normalized spacial score (nSPS) is 18.3. The summed E-state index contributed by atoms with van der Waals surface area (Å²) in [6, 6.07) is 5.19. The number of piperazine rings is 1. The standard InChI is InChI=1S/C15H23FN2O/c1-3-4-15(18-9-7-17-8-10-18)13-11-12(19-2)5-6-14(13)16/h5-6,11,15,17H,3-4,7-10H2,1-2H3/t15-/m1/s1. The van der Waals surface area contributed by atoms with Crippen LogP contribution in [-0.2, 0) is 0 Å². The van der Waals surface area contributed by atoms with Crippen LogP contribution in [0.1, 0.15) is 31.4 Å². The number of nitrogens with one attached hydrogen (secondary N) is 1. The van der Waals surface area contributed by atoms with Gasteiger partial charge in [0.15, 0.2) is 0 Å². The van der Waals surface area contributed by atoms with E-state index in [0.717, 1.165) is 50.3 Å². The van der Waals surface area contributed by atoms with Crippen molar-refractivity contribution >= 4 is 0 Å². The van der Waals surface area contributed by atoms with Gasteiger partial charge in [-0.05, 0) is 24.6 Å². The van der Waals surface area contributed by atoms with Crippen molar-refractivity contribution in [1.82, 2.24) is 10.2 Å². The van der Waals surface area contributed by atoms with E-state index >= 15 is 0 Å². The Morgan fingerprint density at radius 2 is 2.11 bits per heavy atom. The highest BCUT2D eigenvalue weighted by Gasteiger charge is 2.24. The van der Waals surface area contributed by atoms with Crippen LogP contribution in [0.4, 0.5) is 4.39 Å². The minimum absolute atomic E-state index is 0.127. The van der Waals surface area contributed by atoms with Crippen molar-refractivity contribution < 1.29 is 9.13 Å². The number of ether oxygens (including phenoxy) is 1. The summed E-state index contributed by atoms with van der Waals surface area (Å²) >= 11 is 0. The van der Waals surface area contributed by atoms with Gasteiger partial charge < -0.3 is 10.1 Å². The van der Waals surface area contributed by atoms with E-state index in [9.17, 15) is 4.39 Å². The molecule has 19 heavy (non-hydrogen) atoms. The van der Waals surface area contributed by atoms with Gasteiger partial charge >= 0.3 is 0 Å². The Morgan fingerprint density at radius 1 is 1.37 bits per heavy atom. The molecule has 0 saturated carbocycles. The van der Waals surface area contributed by atoms with E-state index in [1.807, 2.05) is 6.07 Å². The molecule has 0 radical (unpaired) electrons. The first-order chi connectivity index (χ1) is 9.26. The molecule has 1 fully saturated rings. The lowest BCUT2D eigenvalue weighted by Crippen LogP contribution is -2.45. The first-order valence-corrected chi connectivity index (χ1v) is 7.04. The van der Waals surface area contributed by atoms with Crippen molar-refractivity contribution in [2.24, 2.45) is 0 Å². The van der Waals surface area contributed by atoms with Crippen molar-refractivity contribution in [3.8, 4) is 5.75 Å². The van der Waals surface area contributed by atoms with Crippen LogP contribution in [-0.4, -0.2) is 38.2 Å². The Hall–Kier alpha value is -1.13. The van der Waals surface area contributed by atoms with Crippen LogP contribution in [0.5, 0.6) is 5.75 Å². The second kappa shape index (κ2) is 6.87. The monoisotopic (exact) mass is 266 g/mol. The fourth-order valence-electron chi connectivity index (χ4n) is 2.71. The summed E-state index contributed by atoms with van der Waals surface area (Å²) in [6.45, 7) is 6.05. The maximum Gasteiger partial charge on any atom is 0.128 e. The lowest BCUT2D eigenvalue weighted by atomic mass is 9.99. The first-order valence-electron chi connectivity index (χ1n) is 7.04. The molecule has 0 bridgehead atoms. The molecular weight excluding hydrogens is 243 g/mol. The van der Waals surface area contributed by atoms with E-state index in [1.165, 1.54) is 6.07 Å². The van der Waals surface area contributed by atoms with Gasteiger partial charge in [-0.15, -0.1) is 0 Å². The summed E-state index contributed by atoms with van der Waals surface area (Å²) in [5.41, 5.74) is 0.767. The Morgan fingerprint density at radius 3 is 2.74 bits per heavy atom. The van der Waals surface area contributed by atoms with Gasteiger partial charge in [-0.2, -0.15) is 0 Å². The second-order valence-corrected chi connectivity index (χ2v) is 4.98. The summed E-state index contributed by atoms with van der Waals surface area (Å²) in [7, 11) is 1.62. The van der Waals surface area contributed by atoms with Crippen LogP contribution >= 0.6 is 0 Å². The SMILES string of the molecule is CCC[C@H](c1cc(OC)ccc1F)N1CCNCC1. The molecule has 0 aliphatic carbocycles. The van der Waals surface area contributed by atoms with Crippen molar-refractivity contribution in [3.63, 3.8) is 0 Å². The molecule has 106 valence electrons. The van der Waals surface area contributed by atoms with Crippen molar-refractivity contribution in [1.29, 1.82) is 0 Å². The van der Waals surface area contributed by atoms with Gasteiger partial charge in [0.1, 0.15) is 11.6 Å². The average Bonchev–Trinajstić information content (AvgIpc) is 2.47. The number of halogens is 1. The van der Waals surface area contributed by atoms with E-state index in [0.29, 0.717) is 0 Å². The molecule has 0 amide bonds. The predicted molar refractivity (Wildman–Crippen MR) is 75.0 cm³/mol. The first kappa shape index (κ1) is 14.3. The van der Waals surface area contributed by atoms with Gasteiger partial charge in [-0.3, -0.25) is 4.90 Å². The largest absolute Gasteiger partial charge is 0.497 e. The quantitative estimate of drug-likeness (QED) is 0.886. The molecule has 2 rings (SSSR count). The summed E-state index contributed by atoms with van der Waals surface area (Å²) in [5, 5.41) is 3.34. The van der Waals surface area contributed by atoms with E-state index in [-0.39, 0.29) is 11.9 Å². The fourth-order valence-corrected chi connectivity index (χ4v) is 2.71. The average molecular weight is 266 g/mol. The van der Waals surface area contributed by atoms with Crippen LogP contribution in [0, 0.1) is 5.82 Å². The van der Waals surface area contributed by atoms with Crippen LogP contribution in [0.2, 0.25) is 0 Å². The zero-order chi connectivity index (χ0) is 13.7. The minimum atomic E-state index is -0.127. The molecule has 1 aromatic rings. The third-order valence-electron chi connectivity index (χ3n) is 3.72. The molecule has 1 saturated heterocycles. The van der Waals surface area contributed by atoms with Crippen LogP contribution in [0.25, 0.3) is 0 Å². The summed E-state index contributed by atoms with van der Waals surface area (Å²) in [5.74, 6) is 0.602. The van der Waals surface area contributed by atoms with Gasteiger partial charge in [-0.1, -0.05) is 13.3 Å². The second-order valence-electron chi connectivity index (χ2n) is 4.98. The number of methoxy groups -OCH3 is 1. The highest BCUT2D eigenvalue weighted by molar-refractivity contribution is 5.32. The number of benzene rings is 1. The molecule has 1 atom stereocenters. The number of hydrogen-bond donors (Lipinski definition) is 1. The maximum atomic E-state index is 14.1. The zero-order valence-corrected chi connectivity index (χ0v) is 11.8. The molecule has 4 heteroatoms. The van der Waals surface area contributed by atoms with Gasteiger partial charge in [0.25, 0.3) is 0 Å². The molecule has 1 aliphatic heterocycles. The summed E-state index contributed by atoms with van der Waals surface area (Å²) < 4.78 is 19.4. The fraction of sp³-hybridized carbons (Fsp3) is 0.600. The van der Waals surface area contributed by atoms with Crippen molar-refractivity contribution in [2.45, 2.75) is 25.8 Å². The Bertz CT molecular complexity index is 405. The summed E-state index contributed by atoms with van der Waals surface area (Å²) in [4.78, 5) is 2.37. The number of nitrogens with zero attached hydrogens (tertiary/aromatic N) is 1. The maximum absolute atomic E-state index is 14.1. The molecule has 1 aliphatic rings. The van der Waals surface area contributed by atoms with Crippen molar-refractivity contribution in [2.75, 3.05) is 33.3 Å². The topological polar surface area (TPSA) is 24.5 Å². The lowest BCUT2D eigenvalue weighted by molar-refractivity contribution is 0.161. The Labute approximate surface area is 114 Å². The number of hydrogen-bond acceptors (Lipinski definition) is 3. The smallest absolute Gasteiger partial charge is 0.128 e. The highest BCUT2D eigenvalue weighted by atomic mass is 19.1. The Kier molecular flexibility index (Phi) is 5.16. The summed E-state index contributed by atoms with van der Waals surface area (Å²) in [6.07, 6.45) is 2.02. The van der Waals surface area contributed by atoms with E-state index in [2.05, 4.69) is 17.1 Å². The molecular formula is C15H23FN2O. The Balaban J connectivity index is 2.26. The van der Waals surface area contributed by atoms with Crippen LogP contribution < -0.4 is 10.1 Å². The van der Waals surface area contributed by atoms with Gasteiger partial charge in [0.05, 0.1) is 7.11 Å². The highest BCUT2D eigenvalue weighted by Crippen LogP contribution is 2.30. The van der Waals surface area contributed by atoms with E-state index in [4.69, 9.17) is 4.74 Å². The molecule has 1 heterocycles.